The summed E-state index contributed by atoms with van der Waals surface area (Å²) < 4.78 is 0. The number of nitrogens with zero attached hydrogens (tertiary/aromatic N) is 1. The Bertz CT molecular complexity index is 369. The molecule has 2 rings (SSSR count). The van der Waals surface area contributed by atoms with Crippen molar-refractivity contribution >= 4 is 11.7 Å². The number of hydrogen-bond donors (Lipinski definition) is 2. The number of carbonyl (C=O) groups is 1. The number of carbonyl (C=O) groups excluding carboxylic acids is 1. The van der Waals surface area contributed by atoms with E-state index in [0.717, 1.165) is 25.1 Å². The molecule has 1 unspecified atom stereocenters. The fourth-order valence-electron chi connectivity index (χ4n) is 1.96. The van der Waals surface area contributed by atoms with Crippen molar-refractivity contribution in [3.8, 4) is 0 Å². The van der Waals surface area contributed by atoms with Crippen molar-refractivity contribution in [2.24, 2.45) is 5.90 Å². The highest BCUT2D eigenvalue weighted by atomic mass is 16.6. The van der Waals surface area contributed by atoms with Crippen molar-refractivity contribution in [2.75, 3.05) is 18.4 Å². The van der Waals surface area contributed by atoms with Gasteiger partial charge >= 0.3 is 6.03 Å². The van der Waals surface area contributed by atoms with Crippen LogP contribution in [-0.4, -0.2) is 30.1 Å². The van der Waals surface area contributed by atoms with Gasteiger partial charge in [-0.15, -0.1) is 0 Å². The molecule has 1 aliphatic rings. The predicted octanol–water partition coefficient (Wildman–Crippen LogP) is 1.57. The van der Waals surface area contributed by atoms with Crippen LogP contribution in [0.2, 0.25) is 0 Å². The fraction of sp³-hybridized carbons (Fsp3) is 0.417. The maximum absolute atomic E-state index is 11.9. The van der Waals surface area contributed by atoms with E-state index >= 15 is 0 Å². The molecule has 1 fully saturated rings. The highest BCUT2D eigenvalue weighted by Gasteiger charge is 2.23. The molecule has 3 N–H and O–H groups in total. The van der Waals surface area contributed by atoms with Gasteiger partial charge in [-0.2, -0.15) is 0 Å². The van der Waals surface area contributed by atoms with Gasteiger partial charge in [-0.3, -0.25) is 4.84 Å². The second-order valence-electron chi connectivity index (χ2n) is 4.14. The van der Waals surface area contributed by atoms with E-state index in [4.69, 9.17) is 10.7 Å². The summed E-state index contributed by atoms with van der Waals surface area (Å²) in [4.78, 5) is 18.5. The maximum atomic E-state index is 11.9. The largest absolute Gasteiger partial charge is 0.322 e. The van der Waals surface area contributed by atoms with Crippen LogP contribution in [-0.2, 0) is 4.84 Å². The lowest BCUT2D eigenvalue weighted by molar-refractivity contribution is 0.0103. The third-order valence-corrected chi connectivity index (χ3v) is 2.88. The van der Waals surface area contributed by atoms with Crippen molar-refractivity contribution in [3.63, 3.8) is 0 Å². The molecule has 0 radical (unpaired) electrons. The standard InChI is InChI=1S/C12H17N3O2/c13-17-11-7-4-8-15(9-11)12(16)14-10-5-2-1-3-6-10/h1-3,5-6,11H,4,7-9,13H2,(H,14,16). The van der Waals surface area contributed by atoms with Gasteiger partial charge in [0, 0.05) is 12.2 Å². The minimum absolute atomic E-state index is 0.0507. The van der Waals surface area contributed by atoms with Crippen molar-refractivity contribution in [2.45, 2.75) is 18.9 Å². The van der Waals surface area contributed by atoms with Gasteiger partial charge in [0.1, 0.15) is 0 Å². The third kappa shape index (κ3) is 3.18. The van der Waals surface area contributed by atoms with Gasteiger partial charge in [-0.25, -0.2) is 10.7 Å². The molecule has 2 amide bonds. The normalized spacial score (nSPS) is 20.1. The lowest BCUT2D eigenvalue weighted by Crippen LogP contribution is -2.45. The molecule has 0 aromatic heterocycles. The number of piperidine rings is 1. The number of para-hydroxylation sites is 1. The van der Waals surface area contributed by atoms with E-state index in [1.807, 2.05) is 30.3 Å². The molecular formula is C12H17N3O2. The maximum Gasteiger partial charge on any atom is 0.321 e. The minimum atomic E-state index is -0.0991. The number of nitrogens with one attached hydrogen (secondary N) is 1. The van der Waals surface area contributed by atoms with Crippen LogP contribution >= 0.6 is 0 Å². The predicted molar refractivity (Wildman–Crippen MR) is 65.3 cm³/mol. The average Bonchev–Trinajstić information content (AvgIpc) is 2.40. The molecule has 0 spiro atoms. The number of likely N-dealkylation sites (tertiary alicyclic amines) is 1. The molecule has 17 heavy (non-hydrogen) atoms. The molecule has 92 valence electrons. The summed E-state index contributed by atoms with van der Waals surface area (Å²) in [5, 5.41) is 2.85. The number of benzene rings is 1. The molecule has 1 heterocycles. The molecule has 0 saturated carbocycles. The van der Waals surface area contributed by atoms with E-state index in [9.17, 15) is 4.79 Å². The summed E-state index contributed by atoms with van der Waals surface area (Å²) in [6.07, 6.45) is 1.78. The van der Waals surface area contributed by atoms with Gasteiger partial charge in [-0.1, -0.05) is 18.2 Å². The van der Waals surface area contributed by atoms with Crippen LogP contribution in [0.4, 0.5) is 10.5 Å². The Morgan fingerprint density at radius 1 is 1.41 bits per heavy atom. The Kier molecular flexibility index (Phi) is 3.95. The van der Waals surface area contributed by atoms with Crippen LogP contribution in [0.1, 0.15) is 12.8 Å². The summed E-state index contributed by atoms with van der Waals surface area (Å²) in [7, 11) is 0. The first kappa shape index (κ1) is 11.9. The van der Waals surface area contributed by atoms with Gasteiger partial charge in [-0.05, 0) is 25.0 Å². The van der Waals surface area contributed by atoms with Crippen LogP contribution < -0.4 is 11.2 Å². The van der Waals surface area contributed by atoms with Gasteiger partial charge < -0.3 is 10.2 Å². The SMILES string of the molecule is NOC1CCCN(C(=O)Nc2ccccc2)C1. The summed E-state index contributed by atoms with van der Waals surface area (Å²) in [5.74, 6) is 5.16. The molecule has 1 saturated heterocycles. The topological polar surface area (TPSA) is 67.6 Å². The van der Waals surface area contributed by atoms with Crippen LogP contribution in [0.15, 0.2) is 30.3 Å². The van der Waals surface area contributed by atoms with Crippen molar-refractivity contribution in [3.05, 3.63) is 30.3 Å². The Morgan fingerprint density at radius 3 is 2.88 bits per heavy atom. The minimum Gasteiger partial charge on any atom is -0.322 e. The van der Waals surface area contributed by atoms with E-state index in [-0.39, 0.29) is 12.1 Å². The molecule has 0 bridgehead atoms. The molecular weight excluding hydrogens is 218 g/mol. The first-order valence-electron chi connectivity index (χ1n) is 5.76. The van der Waals surface area contributed by atoms with Crippen LogP contribution in [0, 0.1) is 0 Å². The average molecular weight is 235 g/mol. The summed E-state index contributed by atoms with van der Waals surface area (Å²) >= 11 is 0. The van der Waals surface area contributed by atoms with Gasteiger partial charge in [0.25, 0.3) is 0 Å². The highest BCUT2D eigenvalue weighted by molar-refractivity contribution is 5.89. The van der Waals surface area contributed by atoms with E-state index in [0.29, 0.717) is 6.54 Å². The number of nitrogens with two attached hydrogens (primary N) is 1. The van der Waals surface area contributed by atoms with Crippen molar-refractivity contribution < 1.29 is 9.63 Å². The first-order chi connectivity index (χ1) is 8.29. The molecule has 5 heteroatoms. The van der Waals surface area contributed by atoms with E-state index in [1.165, 1.54) is 0 Å². The fourth-order valence-corrected chi connectivity index (χ4v) is 1.96. The summed E-state index contributed by atoms with van der Waals surface area (Å²) in [5.41, 5.74) is 0.799. The Morgan fingerprint density at radius 2 is 2.18 bits per heavy atom. The van der Waals surface area contributed by atoms with Crippen LogP contribution in [0.3, 0.4) is 0 Å². The molecule has 5 nitrogen and oxygen atoms in total. The number of hydrogen-bond acceptors (Lipinski definition) is 3. The lowest BCUT2D eigenvalue weighted by Gasteiger charge is -2.31. The first-order valence-corrected chi connectivity index (χ1v) is 5.76. The zero-order chi connectivity index (χ0) is 12.1. The summed E-state index contributed by atoms with van der Waals surface area (Å²) in [6, 6.07) is 9.31. The second-order valence-corrected chi connectivity index (χ2v) is 4.14. The zero-order valence-electron chi connectivity index (χ0n) is 9.63. The Hall–Kier alpha value is -1.59. The lowest BCUT2D eigenvalue weighted by atomic mass is 10.1. The van der Waals surface area contributed by atoms with E-state index in [2.05, 4.69) is 5.32 Å². The van der Waals surface area contributed by atoms with Crippen LogP contribution in [0.25, 0.3) is 0 Å². The number of amides is 2. The Balaban J connectivity index is 1.91. The number of rotatable bonds is 2. The third-order valence-electron chi connectivity index (χ3n) is 2.88. The van der Waals surface area contributed by atoms with Crippen molar-refractivity contribution in [1.29, 1.82) is 0 Å². The van der Waals surface area contributed by atoms with Gasteiger partial charge in [0.2, 0.25) is 0 Å². The smallest absolute Gasteiger partial charge is 0.321 e. The summed E-state index contributed by atoms with van der Waals surface area (Å²) in [6.45, 7) is 1.30. The van der Waals surface area contributed by atoms with E-state index in [1.54, 1.807) is 4.90 Å². The quantitative estimate of drug-likeness (QED) is 0.765. The Labute approximate surface area is 100 Å². The van der Waals surface area contributed by atoms with E-state index < -0.39 is 0 Å². The molecule has 1 aromatic carbocycles. The monoisotopic (exact) mass is 235 g/mol. The van der Waals surface area contributed by atoms with Gasteiger partial charge in [0.15, 0.2) is 0 Å². The molecule has 1 atom stereocenters. The molecule has 1 aliphatic heterocycles. The van der Waals surface area contributed by atoms with Gasteiger partial charge in [0.05, 0.1) is 12.6 Å². The van der Waals surface area contributed by atoms with Crippen molar-refractivity contribution in [1.82, 2.24) is 4.90 Å². The molecule has 0 aliphatic carbocycles. The second kappa shape index (κ2) is 5.65. The highest BCUT2D eigenvalue weighted by Crippen LogP contribution is 2.14. The molecule has 1 aromatic rings. The number of anilines is 1. The zero-order valence-corrected chi connectivity index (χ0v) is 9.63. The number of urea groups is 1. The van der Waals surface area contributed by atoms with Crippen LogP contribution in [0.5, 0.6) is 0 Å².